The van der Waals surface area contributed by atoms with Gasteiger partial charge >= 0.3 is 0 Å². The van der Waals surface area contributed by atoms with Gasteiger partial charge in [-0.2, -0.15) is 0 Å². The summed E-state index contributed by atoms with van der Waals surface area (Å²) < 4.78 is 13.2. The van der Waals surface area contributed by atoms with Crippen LogP contribution < -0.4 is 14.8 Å². The first kappa shape index (κ1) is 18.3. The van der Waals surface area contributed by atoms with Crippen molar-refractivity contribution in [1.82, 2.24) is 14.9 Å². The van der Waals surface area contributed by atoms with Crippen molar-refractivity contribution >= 4 is 16.9 Å². The molecule has 0 saturated heterocycles. The van der Waals surface area contributed by atoms with Crippen molar-refractivity contribution in [3.05, 3.63) is 53.3 Å². The van der Waals surface area contributed by atoms with Crippen LogP contribution in [0.1, 0.15) is 36.1 Å². The summed E-state index contributed by atoms with van der Waals surface area (Å²) in [5.74, 6) is 1.50. The molecule has 28 heavy (non-hydrogen) atoms. The topological polar surface area (TPSA) is 65.4 Å². The van der Waals surface area contributed by atoms with Crippen LogP contribution >= 0.6 is 0 Å². The van der Waals surface area contributed by atoms with E-state index in [-0.39, 0.29) is 11.9 Å². The lowest BCUT2D eigenvalue weighted by atomic mass is 10.1. The molecule has 1 aromatic heterocycles. The second kappa shape index (κ2) is 7.54. The summed E-state index contributed by atoms with van der Waals surface area (Å²) in [6.45, 7) is 7.87. The van der Waals surface area contributed by atoms with E-state index in [4.69, 9.17) is 9.47 Å². The Morgan fingerprint density at radius 1 is 1.14 bits per heavy atom. The maximum absolute atomic E-state index is 12.5. The number of amides is 1. The Balaban J connectivity index is 1.39. The van der Waals surface area contributed by atoms with Gasteiger partial charge in [0.1, 0.15) is 13.2 Å². The monoisotopic (exact) mass is 379 g/mol. The van der Waals surface area contributed by atoms with Gasteiger partial charge in [0.2, 0.25) is 5.91 Å². The van der Waals surface area contributed by atoms with Crippen LogP contribution in [0.3, 0.4) is 0 Å². The zero-order valence-corrected chi connectivity index (χ0v) is 16.5. The molecule has 2 heterocycles. The van der Waals surface area contributed by atoms with Gasteiger partial charge in [-0.1, -0.05) is 6.07 Å². The van der Waals surface area contributed by atoms with Crippen LogP contribution in [0, 0.1) is 13.8 Å². The summed E-state index contributed by atoms with van der Waals surface area (Å²) in [4.78, 5) is 16.9. The first-order valence-electron chi connectivity index (χ1n) is 9.62. The number of ether oxygens (including phenoxy) is 2. The zero-order chi connectivity index (χ0) is 19.7. The minimum absolute atomic E-state index is 0.00747. The number of hydrogen-bond donors (Lipinski definition) is 1. The number of carbonyl (C=O) groups is 1. The molecule has 0 saturated carbocycles. The molecular weight excluding hydrogens is 354 g/mol. The van der Waals surface area contributed by atoms with E-state index in [1.54, 1.807) is 6.33 Å². The van der Waals surface area contributed by atoms with Gasteiger partial charge in [-0.3, -0.25) is 4.79 Å². The predicted octanol–water partition coefficient (Wildman–Crippen LogP) is 3.69. The minimum atomic E-state index is -0.104. The first-order valence-corrected chi connectivity index (χ1v) is 9.62. The molecule has 1 N–H and O–H groups in total. The molecule has 0 aliphatic carbocycles. The zero-order valence-electron chi connectivity index (χ0n) is 16.5. The van der Waals surface area contributed by atoms with Gasteiger partial charge in [0.15, 0.2) is 11.5 Å². The van der Waals surface area contributed by atoms with Crippen molar-refractivity contribution in [2.24, 2.45) is 0 Å². The number of imidazole rings is 1. The molecule has 1 amide bonds. The number of carbonyl (C=O) groups excluding carboxylic acids is 1. The van der Waals surface area contributed by atoms with Crippen LogP contribution in [-0.2, 0) is 11.3 Å². The summed E-state index contributed by atoms with van der Waals surface area (Å²) in [6.07, 6.45) is 2.20. The normalized spacial score (nSPS) is 14.1. The Morgan fingerprint density at radius 2 is 1.89 bits per heavy atom. The average Bonchev–Trinajstić information content (AvgIpc) is 3.08. The Hall–Kier alpha value is -3.02. The Morgan fingerprint density at radius 3 is 2.71 bits per heavy atom. The second-order valence-electron chi connectivity index (χ2n) is 7.31. The van der Waals surface area contributed by atoms with E-state index < -0.39 is 0 Å². The van der Waals surface area contributed by atoms with E-state index in [9.17, 15) is 4.79 Å². The molecule has 146 valence electrons. The van der Waals surface area contributed by atoms with E-state index in [2.05, 4.69) is 36.3 Å². The Kier molecular flexibility index (Phi) is 4.94. The molecule has 1 aliphatic rings. The summed E-state index contributed by atoms with van der Waals surface area (Å²) in [5, 5.41) is 3.06. The fourth-order valence-corrected chi connectivity index (χ4v) is 3.44. The van der Waals surface area contributed by atoms with Crippen LogP contribution in [0.15, 0.2) is 36.7 Å². The quantitative estimate of drug-likeness (QED) is 0.734. The molecule has 4 rings (SSSR count). The number of benzene rings is 2. The summed E-state index contributed by atoms with van der Waals surface area (Å²) in [7, 11) is 0. The molecule has 0 fully saturated rings. The molecule has 3 aromatic rings. The predicted molar refractivity (Wildman–Crippen MR) is 108 cm³/mol. The van der Waals surface area contributed by atoms with E-state index >= 15 is 0 Å². The van der Waals surface area contributed by atoms with Crippen molar-refractivity contribution in [2.75, 3.05) is 13.2 Å². The van der Waals surface area contributed by atoms with E-state index in [1.807, 2.05) is 29.7 Å². The average molecular weight is 379 g/mol. The van der Waals surface area contributed by atoms with Crippen LogP contribution in [-0.4, -0.2) is 28.7 Å². The third kappa shape index (κ3) is 3.67. The standard InChI is InChI=1S/C22H25N3O3/c1-14-10-18-19(11-15(14)2)25(13-23-18)7-6-22(26)24-16(3)17-4-5-20-21(12-17)28-9-8-27-20/h4-5,10-13,16H,6-9H2,1-3H3,(H,24,26)/t16-/m1/s1. The van der Waals surface area contributed by atoms with Gasteiger partial charge in [-0.05, 0) is 61.7 Å². The van der Waals surface area contributed by atoms with Gasteiger partial charge in [-0.25, -0.2) is 4.98 Å². The molecule has 6 nitrogen and oxygen atoms in total. The smallest absolute Gasteiger partial charge is 0.222 e. The lowest BCUT2D eigenvalue weighted by Crippen LogP contribution is -2.27. The Labute approximate surface area is 164 Å². The number of rotatable bonds is 5. The van der Waals surface area contributed by atoms with Crippen LogP contribution in [0.2, 0.25) is 0 Å². The molecule has 0 radical (unpaired) electrons. The molecule has 2 aromatic carbocycles. The van der Waals surface area contributed by atoms with Crippen molar-refractivity contribution < 1.29 is 14.3 Å². The highest BCUT2D eigenvalue weighted by molar-refractivity contribution is 5.79. The molecule has 0 unspecified atom stereocenters. The lowest BCUT2D eigenvalue weighted by molar-refractivity contribution is -0.121. The highest BCUT2D eigenvalue weighted by Crippen LogP contribution is 2.32. The number of aryl methyl sites for hydroxylation is 3. The number of fused-ring (bicyclic) bond motifs is 2. The minimum Gasteiger partial charge on any atom is -0.486 e. The van der Waals surface area contributed by atoms with Gasteiger partial charge in [0.25, 0.3) is 0 Å². The number of aromatic nitrogens is 2. The largest absolute Gasteiger partial charge is 0.486 e. The SMILES string of the molecule is Cc1cc2ncn(CCC(=O)N[C@H](C)c3ccc4c(c3)OCCO4)c2cc1C. The molecule has 0 bridgehead atoms. The highest BCUT2D eigenvalue weighted by atomic mass is 16.6. The first-order chi connectivity index (χ1) is 13.5. The van der Waals surface area contributed by atoms with Crippen molar-refractivity contribution in [2.45, 2.75) is 39.8 Å². The van der Waals surface area contributed by atoms with Crippen molar-refractivity contribution in [3.63, 3.8) is 0 Å². The van der Waals surface area contributed by atoms with Crippen molar-refractivity contribution in [3.8, 4) is 11.5 Å². The lowest BCUT2D eigenvalue weighted by Gasteiger charge is -2.21. The molecule has 6 heteroatoms. The molecule has 1 atom stereocenters. The summed E-state index contributed by atoms with van der Waals surface area (Å²) >= 11 is 0. The van der Waals surface area contributed by atoms with Crippen LogP contribution in [0.4, 0.5) is 0 Å². The second-order valence-corrected chi connectivity index (χ2v) is 7.31. The van der Waals surface area contributed by atoms with E-state index in [0.29, 0.717) is 26.2 Å². The van der Waals surface area contributed by atoms with Gasteiger partial charge in [0.05, 0.1) is 23.4 Å². The fourth-order valence-electron chi connectivity index (χ4n) is 3.44. The number of nitrogens with zero attached hydrogens (tertiary/aromatic N) is 2. The van der Waals surface area contributed by atoms with Gasteiger partial charge in [-0.15, -0.1) is 0 Å². The summed E-state index contributed by atoms with van der Waals surface area (Å²) in [6, 6.07) is 9.92. The Bertz CT molecular complexity index is 1030. The van der Waals surface area contributed by atoms with Gasteiger partial charge in [0, 0.05) is 13.0 Å². The summed E-state index contributed by atoms with van der Waals surface area (Å²) in [5.41, 5.74) is 5.48. The van der Waals surface area contributed by atoms with E-state index in [1.165, 1.54) is 11.1 Å². The molecule has 1 aliphatic heterocycles. The van der Waals surface area contributed by atoms with Crippen LogP contribution in [0.5, 0.6) is 11.5 Å². The third-order valence-corrected chi connectivity index (χ3v) is 5.26. The molecular formula is C22H25N3O3. The number of hydrogen-bond acceptors (Lipinski definition) is 4. The highest BCUT2D eigenvalue weighted by Gasteiger charge is 2.16. The third-order valence-electron chi connectivity index (χ3n) is 5.26. The van der Waals surface area contributed by atoms with Crippen molar-refractivity contribution in [1.29, 1.82) is 0 Å². The maximum Gasteiger partial charge on any atom is 0.222 e. The molecule has 0 spiro atoms. The van der Waals surface area contributed by atoms with Gasteiger partial charge < -0.3 is 19.4 Å². The van der Waals surface area contributed by atoms with Crippen LogP contribution in [0.25, 0.3) is 11.0 Å². The number of nitrogens with one attached hydrogen (secondary N) is 1. The van der Waals surface area contributed by atoms with E-state index in [0.717, 1.165) is 28.1 Å². The maximum atomic E-state index is 12.5. The fraction of sp³-hybridized carbons (Fsp3) is 0.364.